The largest absolute Gasteiger partial charge is 0.508 e. The fourth-order valence-electron chi connectivity index (χ4n) is 1.55. The van der Waals surface area contributed by atoms with Crippen LogP contribution in [0.4, 0.5) is 4.39 Å². The summed E-state index contributed by atoms with van der Waals surface area (Å²) in [6.07, 6.45) is 1.09. The van der Waals surface area contributed by atoms with Crippen LogP contribution in [0.3, 0.4) is 0 Å². The van der Waals surface area contributed by atoms with E-state index < -0.39 is 5.82 Å². The van der Waals surface area contributed by atoms with Crippen LogP contribution in [0.2, 0.25) is 0 Å². The number of rotatable bonds is 5. The van der Waals surface area contributed by atoms with Crippen LogP contribution < -0.4 is 5.32 Å². The van der Waals surface area contributed by atoms with Crippen molar-refractivity contribution in [2.45, 2.75) is 40.2 Å². The van der Waals surface area contributed by atoms with Gasteiger partial charge in [0.1, 0.15) is 11.6 Å². The first-order valence-corrected chi connectivity index (χ1v) is 6.07. The number of nitrogens with one attached hydrogen (secondary N) is 1. The van der Waals surface area contributed by atoms with Gasteiger partial charge in [-0.25, -0.2) is 4.39 Å². The van der Waals surface area contributed by atoms with E-state index in [1.165, 1.54) is 6.07 Å². The summed E-state index contributed by atoms with van der Waals surface area (Å²) in [5.41, 5.74) is 0.961. The van der Waals surface area contributed by atoms with E-state index in [9.17, 15) is 9.50 Å². The molecule has 1 rings (SSSR count). The van der Waals surface area contributed by atoms with Gasteiger partial charge < -0.3 is 10.4 Å². The van der Waals surface area contributed by atoms with E-state index in [1.807, 2.05) is 6.92 Å². The van der Waals surface area contributed by atoms with Crippen LogP contribution in [0, 0.1) is 11.2 Å². The maximum absolute atomic E-state index is 12.9. The van der Waals surface area contributed by atoms with Gasteiger partial charge in [-0.15, -0.1) is 0 Å². The molecule has 0 aliphatic heterocycles. The fourth-order valence-corrected chi connectivity index (χ4v) is 1.55. The van der Waals surface area contributed by atoms with E-state index >= 15 is 0 Å². The van der Waals surface area contributed by atoms with Crippen LogP contribution in [0.15, 0.2) is 18.2 Å². The van der Waals surface area contributed by atoms with Gasteiger partial charge in [0, 0.05) is 24.2 Å². The molecule has 17 heavy (non-hydrogen) atoms. The van der Waals surface area contributed by atoms with Crippen molar-refractivity contribution in [1.82, 2.24) is 5.32 Å². The summed E-state index contributed by atoms with van der Waals surface area (Å²) in [6, 6.07) is 4.17. The molecule has 1 aromatic rings. The van der Waals surface area contributed by atoms with Crippen LogP contribution in [-0.4, -0.2) is 11.7 Å². The Morgan fingerprint density at radius 2 is 2.06 bits per heavy atom. The van der Waals surface area contributed by atoms with Gasteiger partial charge in [0.05, 0.1) is 0 Å². The van der Waals surface area contributed by atoms with Crippen molar-refractivity contribution in [2.24, 2.45) is 5.41 Å². The molecule has 3 heteroatoms. The Kier molecular flexibility index (Phi) is 4.52. The lowest BCUT2D eigenvalue weighted by Crippen LogP contribution is -2.30. The molecule has 1 aromatic carbocycles. The second kappa shape index (κ2) is 5.50. The highest BCUT2D eigenvalue weighted by molar-refractivity contribution is 5.34. The first-order chi connectivity index (χ1) is 7.85. The standard InChI is InChI=1S/C14H22FNO/c1-5-14(3,4)9-16-10(2)12-7-6-11(15)8-13(12)17/h6-8,10,16-17H,5,9H2,1-4H3. The Labute approximate surface area is 103 Å². The third kappa shape index (κ3) is 4.00. The maximum atomic E-state index is 12.9. The first-order valence-electron chi connectivity index (χ1n) is 6.07. The Balaban J connectivity index is 2.67. The second-order valence-corrected chi connectivity index (χ2v) is 5.32. The van der Waals surface area contributed by atoms with Crippen molar-refractivity contribution in [3.8, 4) is 5.75 Å². The number of halogens is 1. The molecule has 96 valence electrons. The van der Waals surface area contributed by atoms with E-state index in [0.717, 1.165) is 24.6 Å². The Morgan fingerprint density at radius 1 is 1.41 bits per heavy atom. The van der Waals surface area contributed by atoms with Gasteiger partial charge in [-0.1, -0.05) is 26.8 Å². The molecule has 0 amide bonds. The highest BCUT2D eigenvalue weighted by Crippen LogP contribution is 2.26. The Bertz CT molecular complexity index is 376. The van der Waals surface area contributed by atoms with Crippen molar-refractivity contribution in [1.29, 1.82) is 0 Å². The number of phenols is 1. The molecule has 0 aliphatic carbocycles. The first kappa shape index (κ1) is 14.0. The third-order valence-electron chi connectivity index (χ3n) is 3.30. The summed E-state index contributed by atoms with van der Waals surface area (Å²) in [7, 11) is 0. The zero-order chi connectivity index (χ0) is 13.1. The minimum Gasteiger partial charge on any atom is -0.508 e. The second-order valence-electron chi connectivity index (χ2n) is 5.32. The fraction of sp³-hybridized carbons (Fsp3) is 0.571. The van der Waals surface area contributed by atoms with E-state index in [4.69, 9.17) is 0 Å². The Hall–Kier alpha value is -1.09. The third-order valence-corrected chi connectivity index (χ3v) is 3.30. The van der Waals surface area contributed by atoms with Crippen molar-refractivity contribution >= 4 is 0 Å². The monoisotopic (exact) mass is 239 g/mol. The highest BCUT2D eigenvalue weighted by Gasteiger charge is 2.17. The predicted octanol–water partition coefficient (Wildman–Crippen LogP) is 3.62. The predicted molar refractivity (Wildman–Crippen MR) is 68.6 cm³/mol. The van der Waals surface area contributed by atoms with E-state index in [-0.39, 0.29) is 17.2 Å². The van der Waals surface area contributed by atoms with Gasteiger partial charge >= 0.3 is 0 Å². The van der Waals surface area contributed by atoms with E-state index in [0.29, 0.717) is 0 Å². The van der Waals surface area contributed by atoms with Crippen LogP contribution in [0.25, 0.3) is 0 Å². The highest BCUT2D eigenvalue weighted by atomic mass is 19.1. The topological polar surface area (TPSA) is 32.3 Å². The molecule has 0 fully saturated rings. The molecule has 0 aliphatic rings. The molecule has 2 nitrogen and oxygen atoms in total. The number of hydrogen-bond acceptors (Lipinski definition) is 2. The summed E-state index contributed by atoms with van der Waals surface area (Å²) in [5, 5.41) is 13.0. The number of aromatic hydroxyl groups is 1. The van der Waals surface area contributed by atoms with Gasteiger partial charge in [0.2, 0.25) is 0 Å². The average molecular weight is 239 g/mol. The summed E-state index contributed by atoms with van der Waals surface area (Å²) in [6.45, 7) is 9.37. The van der Waals surface area contributed by atoms with Crippen molar-refractivity contribution in [2.75, 3.05) is 6.54 Å². The van der Waals surface area contributed by atoms with Crippen LogP contribution in [0.5, 0.6) is 5.75 Å². The summed E-state index contributed by atoms with van der Waals surface area (Å²) in [5.74, 6) is -0.397. The zero-order valence-electron chi connectivity index (χ0n) is 11.0. The van der Waals surface area contributed by atoms with Gasteiger partial charge in [-0.05, 0) is 24.8 Å². The summed E-state index contributed by atoms with van der Waals surface area (Å²) < 4.78 is 12.9. The molecule has 1 unspecified atom stereocenters. The summed E-state index contributed by atoms with van der Waals surface area (Å²) in [4.78, 5) is 0. The van der Waals surface area contributed by atoms with E-state index in [2.05, 4.69) is 26.1 Å². The molecule has 0 bridgehead atoms. The molecule has 0 radical (unpaired) electrons. The molecule has 2 N–H and O–H groups in total. The quantitative estimate of drug-likeness (QED) is 0.822. The average Bonchev–Trinajstić information content (AvgIpc) is 2.26. The molecule has 1 atom stereocenters. The van der Waals surface area contributed by atoms with Crippen LogP contribution in [0.1, 0.15) is 45.7 Å². The van der Waals surface area contributed by atoms with Gasteiger partial charge in [-0.3, -0.25) is 0 Å². The maximum Gasteiger partial charge on any atom is 0.126 e. The summed E-state index contributed by atoms with van der Waals surface area (Å²) >= 11 is 0. The molecule has 0 heterocycles. The lowest BCUT2D eigenvalue weighted by Gasteiger charge is -2.26. The number of phenolic OH excluding ortho intramolecular Hbond substituents is 1. The van der Waals surface area contributed by atoms with Crippen molar-refractivity contribution in [3.05, 3.63) is 29.6 Å². The normalized spacial score (nSPS) is 13.7. The Morgan fingerprint density at radius 3 is 2.59 bits per heavy atom. The van der Waals surface area contributed by atoms with Crippen LogP contribution >= 0.6 is 0 Å². The molecular formula is C14H22FNO. The molecule has 0 spiro atoms. The van der Waals surface area contributed by atoms with Crippen molar-refractivity contribution in [3.63, 3.8) is 0 Å². The van der Waals surface area contributed by atoms with E-state index in [1.54, 1.807) is 6.07 Å². The number of benzene rings is 1. The van der Waals surface area contributed by atoms with Crippen molar-refractivity contribution < 1.29 is 9.50 Å². The van der Waals surface area contributed by atoms with Gasteiger partial charge in [0.15, 0.2) is 0 Å². The minimum atomic E-state index is -0.410. The molecule has 0 saturated heterocycles. The zero-order valence-corrected chi connectivity index (χ0v) is 11.0. The molecular weight excluding hydrogens is 217 g/mol. The lowest BCUT2D eigenvalue weighted by molar-refractivity contribution is 0.311. The smallest absolute Gasteiger partial charge is 0.126 e. The molecule has 0 saturated carbocycles. The van der Waals surface area contributed by atoms with Crippen LogP contribution in [-0.2, 0) is 0 Å². The van der Waals surface area contributed by atoms with Gasteiger partial charge in [0.25, 0.3) is 0 Å². The number of hydrogen-bond donors (Lipinski definition) is 2. The minimum absolute atomic E-state index is 0.0132. The lowest BCUT2D eigenvalue weighted by atomic mass is 9.90. The van der Waals surface area contributed by atoms with Gasteiger partial charge in [-0.2, -0.15) is 0 Å². The molecule has 0 aromatic heterocycles. The SMILES string of the molecule is CCC(C)(C)CNC(C)c1ccc(F)cc1O.